The van der Waals surface area contributed by atoms with Gasteiger partial charge in [-0.3, -0.25) is 4.90 Å². The van der Waals surface area contributed by atoms with Gasteiger partial charge in [-0.2, -0.15) is 0 Å². The molecule has 1 aromatic carbocycles. The van der Waals surface area contributed by atoms with Crippen molar-refractivity contribution in [2.45, 2.75) is 32.2 Å². The Kier molecular flexibility index (Phi) is 4.60. The summed E-state index contributed by atoms with van der Waals surface area (Å²) in [7, 11) is 2.10. The van der Waals surface area contributed by atoms with Gasteiger partial charge in [0, 0.05) is 24.8 Å². The van der Waals surface area contributed by atoms with Crippen molar-refractivity contribution in [3.8, 4) is 11.4 Å². The number of aromatic nitrogens is 2. The van der Waals surface area contributed by atoms with E-state index in [9.17, 15) is 0 Å². The third-order valence-corrected chi connectivity index (χ3v) is 4.82. The van der Waals surface area contributed by atoms with Crippen molar-refractivity contribution in [1.82, 2.24) is 14.5 Å². The average Bonchev–Trinajstić information content (AvgIpc) is 2.86. The summed E-state index contributed by atoms with van der Waals surface area (Å²) in [6.45, 7) is 5.06. The van der Waals surface area contributed by atoms with Gasteiger partial charge in [0.15, 0.2) is 0 Å². The zero-order valence-corrected chi connectivity index (χ0v) is 13.6. The Bertz CT molecular complexity index is 612. The Morgan fingerprint density at radius 2 is 1.82 bits per heavy atom. The molecule has 1 unspecified atom stereocenters. The summed E-state index contributed by atoms with van der Waals surface area (Å²) >= 11 is 0. The van der Waals surface area contributed by atoms with E-state index in [-0.39, 0.29) is 6.04 Å². The second-order valence-electron chi connectivity index (χ2n) is 6.18. The first-order valence-corrected chi connectivity index (χ1v) is 8.25. The van der Waals surface area contributed by atoms with E-state index in [1.54, 1.807) is 0 Å². The van der Waals surface area contributed by atoms with Crippen LogP contribution in [0.4, 0.5) is 0 Å². The molecule has 0 bridgehead atoms. The van der Waals surface area contributed by atoms with Crippen LogP contribution in [-0.2, 0) is 7.05 Å². The van der Waals surface area contributed by atoms with Gasteiger partial charge in [-0.25, -0.2) is 4.98 Å². The standard InChI is InChI=1S/C18H26N4/c1-14-17(16(13-19)22-11-7-4-8-12-22)20-18(21(14)2)15-9-5-3-6-10-15/h3,5-6,9-10,16H,4,7-8,11-13,19H2,1-2H3. The molecule has 1 saturated heterocycles. The van der Waals surface area contributed by atoms with Crippen molar-refractivity contribution in [2.24, 2.45) is 12.8 Å². The molecule has 4 nitrogen and oxygen atoms in total. The molecule has 2 heterocycles. The molecule has 1 aliphatic rings. The fourth-order valence-electron chi connectivity index (χ4n) is 3.43. The molecule has 0 aliphatic carbocycles. The van der Waals surface area contributed by atoms with Gasteiger partial charge in [-0.05, 0) is 32.9 Å². The number of piperidine rings is 1. The molecule has 1 aromatic heterocycles. The van der Waals surface area contributed by atoms with Crippen molar-refractivity contribution < 1.29 is 0 Å². The second-order valence-corrected chi connectivity index (χ2v) is 6.18. The maximum Gasteiger partial charge on any atom is 0.140 e. The molecular formula is C18H26N4. The zero-order chi connectivity index (χ0) is 15.5. The quantitative estimate of drug-likeness (QED) is 0.944. The van der Waals surface area contributed by atoms with Crippen molar-refractivity contribution in [3.05, 3.63) is 41.7 Å². The highest BCUT2D eigenvalue weighted by molar-refractivity contribution is 5.56. The Labute approximate surface area is 133 Å². The van der Waals surface area contributed by atoms with Crippen LogP contribution < -0.4 is 5.73 Å². The minimum atomic E-state index is 0.240. The van der Waals surface area contributed by atoms with Crippen molar-refractivity contribution in [2.75, 3.05) is 19.6 Å². The Morgan fingerprint density at radius 1 is 1.14 bits per heavy atom. The molecule has 1 atom stereocenters. The SMILES string of the molecule is Cc1c(C(CN)N2CCCCC2)nc(-c2ccccc2)n1C. The van der Waals surface area contributed by atoms with E-state index in [2.05, 4.69) is 47.7 Å². The number of hydrogen-bond acceptors (Lipinski definition) is 3. The second kappa shape index (κ2) is 6.63. The van der Waals surface area contributed by atoms with E-state index in [0.29, 0.717) is 6.54 Å². The molecule has 1 aliphatic heterocycles. The molecule has 3 rings (SSSR count). The lowest BCUT2D eigenvalue weighted by Crippen LogP contribution is -2.38. The number of likely N-dealkylation sites (tertiary alicyclic amines) is 1. The van der Waals surface area contributed by atoms with Crippen LogP contribution in [0.2, 0.25) is 0 Å². The third-order valence-electron chi connectivity index (χ3n) is 4.82. The van der Waals surface area contributed by atoms with Gasteiger partial charge in [-0.1, -0.05) is 36.8 Å². The first-order valence-electron chi connectivity index (χ1n) is 8.25. The number of benzene rings is 1. The lowest BCUT2D eigenvalue weighted by Gasteiger charge is -2.33. The summed E-state index contributed by atoms with van der Waals surface area (Å²) in [4.78, 5) is 7.47. The molecule has 0 amide bonds. The molecular weight excluding hydrogens is 272 g/mol. The van der Waals surface area contributed by atoms with Crippen LogP contribution >= 0.6 is 0 Å². The van der Waals surface area contributed by atoms with Crippen LogP contribution in [0, 0.1) is 6.92 Å². The zero-order valence-electron chi connectivity index (χ0n) is 13.6. The number of hydrogen-bond donors (Lipinski definition) is 1. The van der Waals surface area contributed by atoms with Gasteiger partial charge in [-0.15, -0.1) is 0 Å². The summed E-state index contributed by atoms with van der Waals surface area (Å²) in [5.74, 6) is 1.03. The van der Waals surface area contributed by atoms with Gasteiger partial charge < -0.3 is 10.3 Å². The van der Waals surface area contributed by atoms with E-state index in [1.807, 2.05) is 6.07 Å². The highest BCUT2D eigenvalue weighted by atomic mass is 15.2. The lowest BCUT2D eigenvalue weighted by atomic mass is 10.1. The third kappa shape index (κ3) is 2.81. The van der Waals surface area contributed by atoms with Crippen molar-refractivity contribution in [3.63, 3.8) is 0 Å². The van der Waals surface area contributed by atoms with Crippen molar-refractivity contribution in [1.29, 1.82) is 0 Å². The summed E-state index contributed by atoms with van der Waals surface area (Å²) in [6.07, 6.45) is 3.88. The van der Waals surface area contributed by atoms with Gasteiger partial charge in [0.05, 0.1) is 11.7 Å². The monoisotopic (exact) mass is 298 g/mol. The fourth-order valence-corrected chi connectivity index (χ4v) is 3.43. The molecule has 0 spiro atoms. The maximum atomic E-state index is 6.11. The summed E-state index contributed by atoms with van der Waals surface area (Å²) in [5, 5.41) is 0. The van der Waals surface area contributed by atoms with Gasteiger partial charge in [0.2, 0.25) is 0 Å². The number of nitrogens with two attached hydrogens (primary N) is 1. The van der Waals surface area contributed by atoms with Crippen LogP contribution in [0.5, 0.6) is 0 Å². The minimum absolute atomic E-state index is 0.240. The number of nitrogens with zero attached hydrogens (tertiary/aromatic N) is 3. The number of rotatable bonds is 4. The van der Waals surface area contributed by atoms with Crippen LogP contribution in [0.3, 0.4) is 0 Å². The molecule has 2 aromatic rings. The molecule has 4 heteroatoms. The normalized spacial score (nSPS) is 17.6. The fraction of sp³-hybridized carbons (Fsp3) is 0.500. The molecule has 0 saturated carbocycles. The largest absolute Gasteiger partial charge is 0.331 e. The molecule has 22 heavy (non-hydrogen) atoms. The lowest BCUT2D eigenvalue weighted by molar-refractivity contribution is 0.164. The Balaban J connectivity index is 1.96. The van der Waals surface area contributed by atoms with Crippen LogP contribution in [-0.4, -0.2) is 34.1 Å². The number of imidazole rings is 1. The predicted octanol–water partition coefficient (Wildman–Crippen LogP) is 2.88. The molecule has 0 radical (unpaired) electrons. The smallest absolute Gasteiger partial charge is 0.140 e. The summed E-state index contributed by atoms with van der Waals surface area (Å²) in [6, 6.07) is 10.6. The highest BCUT2D eigenvalue weighted by Gasteiger charge is 2.26. The van der Waals surface area contributed by atoms with Gasteiger partial charge in [0.25, 0.3) is 0 Å². The molecule has 1 fully saturated rings. The summed E-state index contributed by atoms with van der Waals surface area (Å²) in [5.41, 5.74) is 9.64. The van der Waals surface area contributed by atoms with Crippen molar-refractivity contribution >= 4 is 0 Å². The average molecular weight is 298 g/mol. The first kappa shape index (κ1) is 15.3. The predicted molar refractivity (Wildman–Crippen MR) is 90.6 cm³/mol. The molecule has 118 valence electrons. The Hall–Kier alpha value is -1.65. The maximum absolute atomic E-state index is 6.11. The van der Waals surface area contributed by atoms with Gasteiger partial charge in [0.1, 0.15) is 5.82 Å². The van der Waals surface area contributed by atoms with E-state index in [4.69, 9.17) is 10.7 Å². The van der Waals surface area contributed by atoms with E-state index >= 15 is 0 Å². The van der Waals surface area contributed by atoms with E-state index in [1.165, 1.54) is 25.0 Å². The van der Waals surface area contributed by atoms with Crippen LogP contribution in [0.1, 0.15) is 36.7 Å². The topological polar surface area (TPSA) is 47.1 Å². The van der Waals surface area contributed by atoms with Crippen LogP contribution in [0.25, 0.3) is 11.4 Å². The molecule has 2 N–H and O–H groups in total. The van der Waals surface area contributed by atoms with Crippen LogP contribution in [0.15, 0.2) is 30.3 Å². The van der Waals surface area contributed by atoms with E-state index < -0.39 is 0 Å². The Morgan fingerprint density at radius 3 is 2.45 bits per heavy atom. The first-order chi connectivity index (χ1) is 10.7. The summed E-state index contributed by atoms with van der Waals surface area (Å²) < 4.78 is 2.19. The highest BCUT2D eigenvalue weighted by Crippen LogP contribution is 2.29. The van der Waals surface area contributed by atoms with Gasteiger partial charge >= 0.3 is 0 Å². The minimum Gasteiger partial charge on any atom is -0.331 e. The van der Waals surface area contributed by atoms with E-state index in [0.717, 1.165) is 30.2 Å².